The van der Waals surface area contributed by atoms with Crippen LogP contribution in [0.15, 0.2) is 12.7 Å². The Bertz CT molecular complexity index is 636. The molecule has 0 bridgehead atoms. The summed E-state index contributed by atoms with van der Waals surface area (Å²) >= 11 is 6.62. The average molecular weight is 311 g/mol. The monoisotopic (exact) mass is 311 g/mol. The largest absolute Gasteiger partial charge is 0.465 e. The molecule has 106 valence electrons. The fourth-order valence-corrected chi connectivity index (χ4v) is 2.89. The van der Waals surface area contributed by atoms with Crippen LogP contribution in [0.1, 0.15) is 20.8 Å². The maximum atomic E-state index is 11.8. The number of thiophene rings is 1. The zero-order chi connectivity index (χ0) is 14.7. The molecule has 0 unspecified atom stereocenters. The summed E-state index contributed by atoms with van der Waals surface area (Å²) in [5, 5.41) is 11.3. The van der Waals surface area contributed by atoms with Crippen molar-refractivity contribution in [2.24, 2.45) is 0 Å². The normalized spacial score (nSPS) is 10.2. The summed E-state index contributed by atoms with van der Waals surface area (Å²) in [5.74, 6) is -0.388. The molecule has 9 heteroatoms. The number of nitrogens with one attached hydrogen (secondary N) is 2. The molecule has 0 radical (unpaired) electrons. The molecule has 2 rings (SSSR count). The molecule has 0 aliphatic heterocycles. The number of methoxy groups -OCH3 is 1. The SMILES string of the molecule is COC(=O)c1c(NC(=S)Nn2cnnc2)sc(C)c1C. The molecule has 2 aromatic heterocycles. The highest BCUT2D eigenvalue weighted by atomic mass is 32.1. The van der Waals surface area contributed by atoms with Gasteiger partial charge in [0.1, 0.15) is 17.7 Å². The van der Waals surface area contributed by atoms with Crippen LogP contribution in [0.4, 0.5) is 5.00 Å². The summed E-state index contributed by atoms with van der Waals surface area (Å²) < 4.78 is 6.30. The Morgan fingerprint density at radius 2 is 2.05 bits per heavy atom. The number of aromatic nitrogens is 3. The molecule has 20 heavy (non-hydrogen) atoms. The molecular weight excluding hydrogens is 298 g/mol. The first kappa shape index (κ1) is 14.4. The van der Waals surface area contributed by atoms with Gasteiger partial charge in [-0.25, -0.2) is 9.47 Å². The molecule has 0 amide bonds. The van der Waals surface area contributed by atoms with E-state index in [1.807, 2.05) is 13.8 Å². The number of esters is 1. The number of anilines is 1. The van der Waals surface area contributed by atoms with Gasteiger partial charge in [-0.1, -0.05) is 0 Å². The lowest BCUT2D eigenvalue weighted by atomic mass is 10.1. The van der Waals surface area contributed by atoms with Crippen LogP contribution in [0.25, 0.3) is 0 Å². The zero-order valence-corrected chi connectivity index (χ0v) is 12.8. The Labute approximate surface area is 124 Å². The van der Waals surface area contributed by atoms with Crippen LogP contribution in [0.5, 0.6) is 0 Å². The standard InChI is InChI=1S/C11H13N5O2S2/c1-6-7(2)20-9(8(6)10(17)18-3)14-11(19)15-16-4-12-13-5-16/h4-5H,1-3H3,(H2,14,15,19). The van der Waals surface area contributed by atoms with Crippen molar-refractivity contribution in [3.63, 3.8) is 0 Å². The van der Waals surface area contributed by atoms with Gasteiger partial charge in [-0.2, -0.15) is 0 Å². The maximum absolute atomic E-state index is 11.8. The van der Waals surface area contributed by atoms with Gasteiger partial charge in [0.25, 0.3) is 0 Å². The Balaban J connectivity index is 2.18. The van der Waals surface area contributed by atoms with Gasteiger partial charge in [-0.15, -0.1) is 21.5 Å². The average Bonchev–Trinajstić information content (AvgIpc) is 2.99. The Morgan fingerprint density at radius 3 is 2.65 bits per heavy atom. The lowest BCUT2D eigenvalue weighted by Gasteiger charge is -2.10. The number of hydrogen-bond acceptors (Lipinski definition) is 6. The Morgan fingerprint density at radius 1 is 1.40 bits per heavy atom. The van der Waals surface area contributed by atoms with Crippen LogP contribution < -0.4 is 10.7 Å². The van der Waals surface area contributed by atoms with Crippen molar-refractivity contribution < 1.29 is 9.53 Å². The molecule has 2 heterocycles. The molecule has 0 spiro atoms. The van der Waals surface area contributed by atoms with Gasteiger partial charge in [0.15, 0.2) is 5.11 Å². The van der Waals surface area contributed by atoms with E-state index in [-0.39, 0.29) is 5.97 Å². The van der Waals surface area contributed by atoms with Crippen LogP contribution in [-0.2, 0) is 4.74 Å². The first-order valence-corrected chi connectivity index (χ1v) is 6.86. The lowest BCUT2D eigenvalue weighted by Crippen LogP contribution is -2.26. The maximum Gasteiger partial charge on any atom is 0.341 e. The summed E-state index contributed by atoms with van der Waals surface area (Å²) in [6, 6.07) is 0. The quantitative estimate of drug-likeness (QED) is 0.659. The summed E-state index contributed by atoms with van der Waals surface area (Å²) in [5.41, 5.74) is 4.24. The second-order valence-electron chi connectivity index (χ2n) is 3.91. The van der Waals surface area contributed by atoms with Crippen molar-refractivity contribution >= 4 is 39.6 Å². The van der Waals surface area contributed by atoms with E-state index in [1.165, 1.54) is 35.8 Å². The van der Waals surface area contributed by atoms with E-state index in [9.17, 15) is 4.79 Å². The number of carbonyl (C=O) groups is 1. The first-order valence-electron chi connectivity index (χ1n) is 5.64. The number of thiocarbonyl (C=S) groups is 1. The highest BCUT2D eigenvalue weighted by molar-refractivity contribution is 7.80. The number of nitrogens with zero attached hydrogens (tertiary/aromatic N) is 3. The molecule has 2 N–H and O–H groups in total. The first-order chi connectivity index (χ1) is 9.52. The summed E-state index contributed by atoms with van der Waals surface area (Å²) in [7, 11) is 1.35. The van der Waals surface area contributed by atoms with Gasteiger partial charge in [0.05, 0.1) is 12.7 Å². The molecule has 0 atom stereocenters. The third-order valence-electron chi connectivity index (χ3n) is 2.65. The highest BCUT2D eigenvalue weighted by Crippen LogP contribution is 2.32. The van der Waals surface area contributed by atoms with Crippen LogP contribution in [-0.4, -0.2) is 33.1 Å². The third-order valence-corrected chi connectivity index (χ3v) is 3.97. The van der Waals surface area contributed by atoms with Crippen molar-refractivity contribution in [3.05, 3.63) is 28.7 Å². The predicted molar refractivity (Wildman–Crippen MR) is 80.7 cm³/mol. The summed E-state index contributed by atoms with van der Waals surface area (Å²) in [6.07, 6.45) is 2.94. The molecule has 0 saturated heterocycles. The van der Waals surface area contributed by atoms with Gasteiger partial charge in [0, 0.05) is 4.88 Å². The van der Waals surface area contributed by atoms with E-state index in [1.54, 1.807) is 0 Å². The topological polar surface area (TPSA) is 81.1 Å². The van der Waals surface area contributed by atoms with Crippen molar-refractivity contribution in [2.75, 3.05) is 17.9 Å². The van der Waals surface area contributed by atoms with E-state index in [2.05, 4.69) is 20.9 Å². The van der Waals surface area contributed by atoms with E-state index < -0.39 is 0 Å². The van der Waals surface area contributed by atoms with Gasteiger partial charge in [0.2, 0.25) is 0 Å². The van der Waals surface area contributed by atoms with Crippen molar-refractivity contribution in [1.29, 1.82) is 0 Å². The number of ether oxygens (including phenoxy) is 1. The number of hydrogen-bond donors (Lipinski definition) is 2. The fourth-order valence-electron chi connectivity index (χ4n) is 1.57. The number of rotatable bonds is 3. The van der Waals surface area contributed by atoms with Gasteiger partial charge >= 0.3 is 5.97 Å². The minimum atomic E-state index is -0.388. The molecule has 7 nitrogen and oxygen atoms in total. The van der Waals surface area contributed by atoms with Crippen LogP contribution in [0.3, 0.4) is 0 Å². The van der Waals surface area contributed by atoms with Crippen LogP contribution in [0.2, 0.25) is 0 Å². The molecular formula is C11H13N5O2S2. The van der Waals surface area contributed by atoms with E-state index in [0.29, 0.717) is 15.7 Å². The zero-order valence-electron chi connectivity index (χ0n) is 11.1. The van der Waals surface area contributed by atoms with E-state index >= 15 is 0 Å². The summed E-state index contributed by atoms with van der Waals surface area (Å²) in [6.45, 7) is 3.81. The Kier molecular flexibility index (Phi) is 4.30. The lowest BCUT2D eigenvalue weighted by molar-refractivity contribution is 0.0601. The van der Waals surface area contributed by atoms with Crippen LogP contribution >= 0.6 is 23.6 Å². The fraction of sp³-hybridized carbons (Fsp3) is 0.273. The molecule has 0 saturated carbocycles. The Hall–Kier alpha value is -2.00. The second kappa shape index (κ2) is 5.97. The van der Waals surface area contributed by atoms with Crippen molar-refractivity contribution in [1.82, 2.24) is 14.9 Å². The smallest absolute Gasteiger partial charge is 0.341 e. The number of aryl methyl sites for hydroxylation is 1. The van der Waals surface area contributed by atoms with Gasteiger partial charge in [-0.05, 0) is 31.6 Å². The van der Waals surface area contributed by atoms with Gasteiger partial charge < -0.3 is 10.1 Å². The predicted octanol–water partition coefficient (Wildman–Crippen LogP) is 1.68. The third kappa shape index (κ3) is 2.94. The summed E-state index contributed by atoms with van der Waals surface area (Å²) in [4.78, 5) is 12.9. The van der Waals surface area contributed by atoms with Crippen molar-refractivity contribution in [2.45, 2.75) is 13.8 Å². The highest BCUT2D eigenvalue weighted by Gasteiger charge is 2.20. The van der Waals surface area contributed by atoms with E-state index in [4.69, 9.17) is 17.0 Å². The van der Waals surface area contributed by atoms with Crippen molar-refractivity contribution in [3.8, 4) is 0 Å². The molecule has 0 aromatic carbocycles. The molecule has 0 aliphatic carbocycles. The minimum absolute atomic E-state index is 0.330. The van der Waals surface area contributed by atoms with Crippen LogP contribution in [0, 0.1) is 13.8 Å². The van der Waals surface area contributed by atoms with Gasteiger partial charge in [-0.3, -0.25) is 5.43 Å². The number of carbonyl (C=O) groups excluding carboxylic acids is 1. The molecule has 0 aliphatic rings. The molecule has 2 aromatic rings. The molecule has 0 fully saturated rings. The van der Waals surface area contributed by atoms with E-state index in [0.717, 1.165) is 10.4 Å². The second-order valence-corrected chi connectivity index (χ2v) is 5.55. The minimum Gasteiger partial charge on any atom is -0.465 e.